The van der Waals surface area contributed by atoms with E-state index in [1.807, 2.05) is 0 Å². The van der Waals surface area contributed by atoms with Crippen LogP contribution in [0.15, 0.2) is 0 Å². The summed E-state index contributed by atoms with van der Waals surface area (Å²) in [6, 6.07) is 0. The van der Waals surface area contributed by atoms with Crippen LogP contribution < -0.4 is 0 Å². The van der Waals surface area contributed by atoms with Gasteiger partial charge in [-0.1, -0.05) is 124 Å². The van der Waals surface area contributed by atoms with Gasteiger partial charge >= 0.3 is 7.32 Å². The molecule has 32 heavy (non-hydrogen) atoms. The minimum atomic E-state index is -0.530. The molecule has 3 nitrogen and oxygen atoms in total. The second kappa shape index (κ2) is 24.1. The van der Waals surface area contributed by atoms with Crippen LogP contribution in [0.2, 0.25) is 0 Å². The van der Waals surface area contributed by atoms with Crippen LogP contribution >= 0.6 is 0 Å². The van der Waals surface area contributed by atoms with Crippen LogP contribution in [0.3, 0.4) is 0 Å². The Labute approximate surface area is 203 Å². The van der Waals surface area contributed by atoms with Crippen molar-refractivity contribution in [2.75, 3.05) is 0 Å². The highest BCUT2D eigenvalue weighted by atomic mass is 16.7. The zero-order chi connectivity index (χ0) is 23.9. The Hall–Kier alpha value is -0.0551. The molecule has 0 rings (SSSR count). The Bertz CT molecular complexity index is 339. The van der Waals surface area contributed by atoms with Crippen molar-refractivity contribution in [3.05, 3.63) is 0 Å². The number of hydrogen-bond donors (Lipinski definition) is 0. The molecule has 0 spiro atoms. The minimum absolute atomic E-state index is 0.158. The molecule has 0 saturated heterocycles. The van der Waals surface area contributed by atoms with Crippen molar-refractivity contribution in [1.29, 1.82) is 0 Å². The standard InChI is InChI=1S/C28H59BO3/c1-7-10-12-14-16-18-20-22-24-27(5)31-29(30-26(4)9-3)32-28(6)25-23-21-19-17-15-13-11-8-2/h26-28H,7-25H2,1-6H3. The maximum Gasteiger partial charge on any atom is 0.639 e. The Balaban J connectivity index is 4.03. The summed E-state index contributed by atoms with van der Waals surface area (Å²) in [5, 5.41) is 0. The number of hydrogen-bond acceptors (Lipinski definition) is 3. The van der Waals surface area contributed by atoms with E-state index in [1.54, 1.807) is 0 Å². The van der Waals surface area contributed by atoms with E-state index in [-0.39, 0.29) is 18.3 Å². The molecule has 4 heteroatoms. The first kappa shape index (κ1) is 31.9. The predicted molar refractivity (Wildman–Crippen MR) is 142 cm³/mol. The first-order valence-electron chi connectivity index (χ1n) is 14.5. The lowest BCUT2D eigenvalue weighted by molar-refractivity contribution is 0.0149. The van der Waals surface area contributed by atoms with E-state index in [0.717, 1.165) is 19.3 Å². The normalized spacial score (nSPS) is 14.4. The van der Waals surface area contributed by atoms with Gasteiger partial charge in [0, 0.05) is 18.3 Å². The highest BCUT2D eigenvalue weighted by molar-refractivity contribution is 6.36. The van der Waals surface area contributed by atoms with Gasteiger partial charge in [0.05, 0.1) is 0 Å². The zero-order valence-electron chi connectivity index (χ0n) is 23.0. The molecule has 0 bridgehead atoms. The molecule has 3 atom stereocenters. The largest absolute Gasteiger partial charge is 0.639 e. The molecule has 0 fully saturated rings. The summed E-state index contributed by atoms with van der Waals surface area (Å²) < 4.78 is 18.4. The van der Waals surface area contributed by atoms with Crippen molar-refractivity contribution in [2.45, 2.75) is 182 Å². The van der Waals surface area contributed by atoms with E-state index in [1.165, 1.54) is 103 Å². The smallest absolute Gasteiger partial charge is 0.383 e. The van der Waals surface area contributed by atoms with Crippen LogP contribution in [0, 0.1) is 0 Å². The summed E-state index contributed by atoms with van der Waals surface area (Å²) >= 11 is 0. The molecule has 0 N–H and O–H groups in total. The van der Waals surface area contributed by atoms with Gasteiger partial charge in [0.2, 0.25) is 0 Å². The van der Waals surface area contributed by atoms with Crippen LogP contribution in [0.4, 0.5) is 0 Å². The van der Waals surface area contributed by atoms with Crippen LogP contribution in [-0.4, -0.2) is 25.6 Å². The molecule has 0 aromatic carbocycles. The van der Waals surface area contributed by atoms with Crippen molar-refractivity contribution in [3.8, 4) is 0 Å². The van der Waals surface area contributed by atoms with Gasteiger partial charge in [-0.15, -0.1) is 0 Å². The average molecular weight is 455 g/mol. The topological polar surface area (TPSA) is 27.7 Å². The minimum Gasteiger partial charge on any atom is -0.383 e. The molecule has 192 valence electrons. The van der Waals surface area contributed by atoms with E-state index < -0.39 is 7.32 Å². The summed E-state index contributed by atoms with van der Waals surface area (Å²) in [5.41, 5.74) is 0. The number of unbranched alkanes of at least 4 members (excludes halogenated alkanes) is 14. The maximum atomic E-state index is 6.19. The summed E-state index contributed by atoms with van der Waals surface area (Å²) in [6.45, 7) is 13.1. The lowest BCUT2D eigenvalue weighted by Gasteiger charge is -2.24. The van der Waals surface area contributed by atoms with Crippen LogP contribution in [0.25, 0.3) is 0 Å². The SMILES string of the molecule is CCCCCCCCCCC(C)OB(OC(C)CC)OC(C)CCCCCCCCCC. The van der Waals surface area contributed by atoms with Crippen molar-refractivity contribution in [1.82, 2.24) is 0 Å². The van der Waals surface area contributed by atoms with E-state index in [9.17, 15) is 0 Å². The first-order valence-corrected chi connectivity index (χ1v) is 14.5. The molecule has 0 aliphatic heterocycles. The Morgan fingerprint density at radius 3 is 1.09 bits per heavy atom. The summed E-state index contributed by atoms with van der Waals surface area (Å²) in [4.78, 5) is 0. The average Bonchev–Trinajstić information content (AvgIpc) is 2.77. The molecule has 0 aromatic rings. The van der Waals surface area contributed by atoms with Gasteiger partial charge < -0.3 is 14.0 Å². The Morgan fingerprint density at radius 1 is 0.438 bits per heavy atom. The highest BCUT2D eigenvalue weighted by Gasteiger charge is 2.28. The fourth-order valence-electron chi connectivity index (χ4n) is 4.03. The van der Waals surface area contributed by atoms with Crippen molar-refractivity contribution in [2.24, 2.45) is 0 Å². The van der Waals surface area contributed by atoms with Gasteiger partial charge in [0.25, 0.3) is 0 Å². The summed E-state index contributed by atoms with van der Waals surface area (Å²) in [6.07, 6.45) is 25.3. The van der Waals surface area contributed by atoms with Crippen molar-refractivity contribution >= 4 is 7.32 Å². The molecule has 0 heterocycles. The van der Waals surface area contributed by atoms with Gasteiger partial charge in [-0.25, -0.2) is 0 Å². The lowest BCUT2D eigenvalue weighted by Crippen LogP contribution is -2.36. The second-order valence-electron chi connectivity index (χ2n) is 10.1. The monoisotopic (exact) mass is 454 g/mol. The van der Waals surface area contributed by atoms with E-state index in [0.29, 0.717) is 0 Å². The van der Waals surface area contributed by atoms with Gasteiger partial charge in [0.15, 0.2) is 0 Å². The van der Waals surface area contributed by atoms with Crippen LogP contribution in [0.5, 0.6) is 0 Å². The molecule has 0 saturated carbocycles. The molecule has 0 amide bonds. The van der Waals surface area contributed by atoms with Gasteiger partial charge in [-0.05, 0) is 40.0 Å². The highest BCUT2D eigenvalue weighted by Crippen LogP contribution is 2.16. The lowest BCUT2D eigenvalue weighted by atomic mass is 10.0. The molecular weight excluding hydrogens is 395 g/mol. The summed E-state index contributed by atoms with van der Waals surface area (Å²) in [7, 11) is -0.530. The third-order valence-corrected chi connectivity index (χ3v) is 6.53. The zero-order valence-corrected chi connectivity index (χ0v) is 23.0. The summed E-state index contributed by atoms with van der Waals surface area (Å²) in [5.74, 6) is 0. The molecule has 0 aromatic heterocycles. The second-order valence-corrected chi connectivity index (χ2v) is 10.1. The van der Waals surface area contributed by atoms with E-state index in [4.69, 9.17) is 14.0 Å². The fraction of sp³-hybridized carbons (Fsp3) is 1.00. The van der Waals surface area contributed by atoms with Gasteiger partial charge in [-0.3, -0.25) is 0 Å². The first-order chi connectivity index (χ1) is 15.5. The quantitative estimate of drug-likeness (QED) is 0.101. The number of rotatable bonds is 25. The fourth-order valence-corrected chi connectivity index (χ4v) is 4.03. The van der Waals surface area contributed by atoms with E-state index in [2.05, 4.69) is 41.5 Å². The molecule has 3 unspecified atom stereocenters. The Kier molecular flexibility index (Phi) is 24.0. The molecule has 0 aliphatic rings. The van der Waals surface area contributed by atoms with Crippen LogP contribution in [0.1, 0.15) is 164 Å². The molecular formula is C28H59BO3. The third kappa shape index (κ3) is 21.8. The van der Waals surface area contributed by atoms with Gasteiger partial charge in [-0.2, -0.15) is 0 Å². The predicted octanol–water partition coefficient (Wildman–Crippen LogP) is 9.66. The maximum absolute atomic E-state index is 6.19. The van der Waals surface area contributed by atoms with E-state index >= 15 is 0 Å². The van der Waals surface area contributed by atoms with Crippen molar-refractivity contribution in [3.63, 3.8) is 0 Å². The molecule has 0 aliphatic carbocycles. The Morgan fingerprint density at radius 2 is 0.750 bits per heavy atom. The van der Waals surface area contributed by atoms with Crippen LogP contribution in [-0.2, 0) is 14.0 Å². The van der Waals surface area contributed by atoms with Crippen molar-refractivity contribution < 1.29 is 14.0 Å². The third-order valence-electron chi connectivity index (χ3n) is 6.53. The van der Waals surface area contributed by atoms with Gasteiger partial charge in [0.1, 0.15) is 0 Å². The molecule has 0 radical (unpaired) electrons.